The van der Waals surface area contributed by atoms with Gasteiger partial charge >= 0.3 is 0 Å². The van der Waals surface area contributed by atoms with E-state index in [0.717, 1.165) is 28.0 Å². The van der Waals surface area contributed by atoms with Gasteiger partial charge in [0.25, 0.3) is 0 Å². The number of thioether (sulfide) groups is 1. The lowest BCUT2D eigenvalue weighted by Gasteiger charge is -2.05. The van der Waals surface area contributed by atoms with Gasteiger partial charge in [-0.25, -0.2) is 4.98 Å². The zero-order chi connectivity index (χ0) is 15.4. The summed E-state index contributed by atoms with van der Waals surface area (Å²) in [5.74, 6) is 1.02. The quantitative estimate of drug-likeness (QED) is 0.704. The number of hydrogen-bond donors (Lipinski definition) is 2. The molecule has 1 amide bonds. The molecule has 0 aliphatic rings. The van der Waals surface area contributed by atoms with E-state index in [4.69, 9.17) is 0 Å². The van der Waals surface area contributed by atoms with Crippen molar-refractivity contribution in [3.05, 3.63) is 54.4 Å². The number of rotatable bonds is 5. The molecule has 2 aromatic heterocycles. The molecule has 0 aliphatic carbocycles. The number of anilines is 1. The van der Waals surface area contributed by atoms with Gasteiger partial charge in [-0.05, 0) is 35.6 Å². The SMILES string of the molecule is CCSc1ccc(CC(=O)Nc2c[nH]c3ncccc23)cc1. The van der Waals surface area contributed by atoms with Crippen molar-refractivity contribution >= 4 is 34.4 Å². The summed E-state index contributed by atoms with van der Waals surface area (Å²) in [6, 6.07) is 11.9. The summed E-state index contributed by atoms with van der Waals surface area (Å²) in [6.45, 7) is 2.13. The number of carbonyl (C=O) groups is 1. The minimum atomic E-state index is -0.0272. The topological polar surface area (TPSA) is 57.8 Å². The van der Waals surface area contributed by atoms with Gasteiger partial charge in [0.15, 0.2) is 0 Å². The number of aromatic amines is 1. The van der Waals surface area contributed by atoms with Crippen molar-refractivity contribution in [1.82, 2.24) is 9.97 Å². The third-order valence-corrected chi connectivity index (χ3v) is 4.22. The van der Waals surface area contributed by atoms with Gasteiger partial charge < -0.3 is 10.3 Å². The summed E-state index contributed by atoms with van der Waals surface area (Å²) < 4.78 is 0. The van der Waals surface area contributed by atoms with E-state index in [1.165, 1.54) is 4.90 Å². The summed E-state index contributed by atoms with van der Waals surface area (Å²) in [6.07, 6.45) is 3.86. The summed E-state index contributed by atoms with van der Waals surface area (Å²) in [5, 5.41) is 3.86. The molecule has 0 saturated carbocycles. The molecular formula is C17H17N3OS. The normalized spacial score (nSPS) is 10.8. The second-order valence-corrected chi connectivity index (χ2v) is 6.24. The van der Waals surface area contributed by atoms with Crippen molar-refractivity contribution in [2.45, 2.75) is 18.2 Å². The van der Waals surface area contributed by atoms with Gasteiger partial charge in [0.05, 0.1) is 12.1 Å². The van der Waals surface area contributed by atoms with Crippen LogP contribution in [0, 0.1) is 0 Å². The van der Waals surface area contributed by atoms with Crippen LogP contribution in [0.1, 0.15) is 12.5 Å². The third-order valence-electron chi connectivity index (χ3n) is 3.32. The van der Waals surface area contributed by atoms with Gasteiger partial charge in [0.1, 0.15) is 5.65 Å². The van der Waals surface area contributed by atoms with E-state index in [0.29, 0.717) is 6.42 Å². The molecule has 2 heterocycles. The van der Waals surface area contributed by atoms with E-state index >= 15 is 0 Å². The maximum Gasteiger partial charge on any atom is 0.228 e. The molecule has 5 heteroatoms. The molecule has 22 heavy (non-hydrogen) atoms. The Hall–Kier alpha value is -2.27. The number of nitrogens with one attached hydrogen (secondary N) is 2. The van der Waals surface area contributed by atoms with E-state index in [9.17, 15) is 4.79 Å². The van der Waals surface area contributed by atoms with Crippen molar-refractivity contribution in [3.8, 4) is 0 Å². The zero-order valence-corrected chi connectivity index (χ0v) is 13.1. The molecule has 1 aromatic carbocycles. The van der Waals surface area contributed by atoms with Crippen molar-refractivity contribution < 1.29 is 4.79 Å². The Bertz CT molecular complexity index is 780. The Morgan fingerprint density at radius 3 is 2.86 bits per heavy atom. The number of amides is 1. The summed E-state index contributed by atoms with van der Waals surface area (Å²) in [4.78, 5) is 20.7. The molecule has 2 N–H and O–H groups in total. The molecule has 4 nitrogen and oxygen atoms in total. The van der Waals surface area contributed by atoms with Gasteiger partial charge in [-0.1, -0.05) is 19.1 Å². The van der Waals surface area contributed by atoms with Crippen molar-refractivity contribution in [2.75, 3.05) is 11.1 Å². The Morgan fingerprint density at radius 2 is 2.09 bits per heavy atom. The fourth-order valence-corrected chi connectivity index (χ4v) is 2.97. The van der Waals surface area contributed by atoms with Crippen LogP contribution >= 0.6 is 11.8 Å². The first-order valence-corrected chi connectivity index (χ1v) is 8.18. The number of carbonyl (C=O) groups excluding carboxylic acids is 1. The van der Waals surface area contributed by atoms with E-state index in [1.54, 1.807) is 24.2 Å². The Labute approximate surface area is 133 Å². The van der Waals surface area contributed by atoms with Crippen LogP contribution < -0.4 is 5.32 Å². The lowest BCUT2D eigenvalue weighted by atomic mass is 10.1. The van der Waals surface area contributed by atoms with E-state index in [2.05, 4.69) is 34.3 Å². The van der Waals surface area contributed by atoms with Crippen LogP contribution in [-0.4, -0.2) is 21.6 Å². The number of hydrogen-bond acceptors (Lipinski definition) is 3. The molecule has 0 saturated heterocycles. The van der Waals surface area contributed by atoms with Crippen LogP contribution in [-0.2, 0) is 11.2 Å². The van der Waals surface area contributed by atoms with Crippen LogP contribution in [0.2, 0.25) is 0 Å². The lowest BCUT2D eigenvalue weighted by Crippen LogP contribution is -2.14. The summed E-state index contributed by atoms with van der Waals surface area (Å²) in [7, 11) is 0. The van der Waals surface area contributed by atoms with Crippen LogP contribution in [0.5, 0.6) is 0 Å². The first-order chi connectivity index (χ1) is 10.8. The molecule has 0 spiro atoms. The number of benzene rings is 1. The average molecular weight is 311 g/mol. The minimum absolute atomic E-state index is 0.0272. The van der Waals surface area contributed by atoms with Crippen molar-refractivity contribution in [3.63, 3.8) is 0 Å². The molecule has 0 fully saturated rings. The highest BCUT2D eigenvalue weighted by atomic mass is 32.2. The lowest BCUT2D eigenvalue weighted by molar-refractivity contribution is -0.115. The van der Waals surface area contributed by atoms with Gasteiger partial charge in [-0.15, -0.1) is 11.8 Å². The molecule has 0 unspecified atom stereocenters. The third kappa shape index (κ3) is 3.31. The Balaban J connectivity index is 1.67. The number of fused-ring (bicyclic) bond motifs is 1. The van der Waals surface area contributed by atoms with E-state index in [-0.39, 0.29) is 5.91 Å². The Kier molecular flexibility index (Phi) is 4.44. The molecule has 0 aliphatic heterocycles. The first kappa shape index (κ1) is 14.7. The monoisotopic (exact) mass is 311 g/mol. The minimum Gasteiger partial charge on any atom is -0.344 e. The number of nitrogens with zero attached hydrogens (tertiary/aromatic N) is 1. The highest BCUT2D eigenvalue weighted by Gasteiger charge is 2.08. The fraction of sp³-hybridized carbons (Fsp3) is 0.176. The highest BCUT2D eigenvalue weighted by Crippen LogP contribution is 2.21. The predicted octanol–water partition coefficient (Wildman–Crippen LogP) is 3.86. The maximum atomic E-state index is 12.2. The summed E-state index contributed by atoms with van der Waals surface area (Å²) in [5.41, 5.74) is 2.56. The average Bonchev–Trinajstić information content (AvgIpc) is 2.93. The summed E-state index contributed by atoms with van der Waals surface area (Å²) >= 11 is 1.80. The molecule has 3 aromatic rings. The second-order valence-electron chi connectivity index (χ2n) is 4.90. The van der Waals surface area contributed by atoms with Crippen molar-refractivity contribution in [1.29, 1.82) is 0 Å². The maximum absolute atomic E-state index is 12.2. The van der Waals surface area contributed by atoms with Crippen LogP contribution in [0.25, 0.3) is 11.0 Å². The zero-order valence-electron chi connectivity index (χ0n) is 12.3. The van der Waals surface area contributed by atoms with E-state index in [1.807, 2.05) is 24.3 Å². The van der Waals surface area contributed by atoms with Crippen LogP contribution in [0.4, 0.5) is 5.69 Å². The van der Waals surface area contributed by atoms with Gasteiger partial charge in [0, 0.05) is 22.7 Å². The molecule has 0 bridgehead atoms. The van der Waals surface area contributed by atoms with Crippen LogP contribution in [0.3, 0.4) is 0 Å². The molecular weight excluding hydrogens is 294 g/mol. The van der Waals surface area contributed by atoms with Gasteiger partial charge in [-0.3, -0.25) is 4.79 Å². The highest BCUT2D eigenvalue weighted by molar-refractivity contribution is 7.99. The standard InChI is InChI=1S/C17H17N3OS/c1-2-22-13-7-5-12(6-8-13)10-16(21)20-15-11-19-17-14(15)4-3-9-18-17/h3-9,11H,2,10H2,1H3,(H,18,19)(H,20,21). The molecule has 3 rings (SSSR count). The molecule has 0 atom stereocenters. The van der Waals surface area contributed by atoms with Gasteiger partial charge in [0.2, 0.25) is 5.91 Å². The predicted molar refractivity (Wildman–Crippen MR) is 91.3 cm³/mol. The Morgan fingerprint density at radius 1 is 1.27 bits per heavy atom. The number of pyridine rings is 1. The molecule has 112 valence electrons. The smallest absolute Gasteiger partial charge is 0.228 e. The number of aromatic nitrogens is 2. The van der Waals surface area contributed by atoms with Crippen molar-refractivity contribution in [2.24, 2.45) is 0 Å². The van der Waals surface area contributed by atoms with Crippen LogP contribution in [0.15, 0.2) is 53.7 Å². The number of H-pyrrole nitrogens is 1. The molecule has 0 radical (unpaired) electrons. The van der Waals surface area contributed by atoms with E-state index < -0.39 is 0 Å². The fourth-order valence-electron chi connectivity index (χ4n) is 2.31. The van der Waals surface area contributed by atoms with Gasteiger partial charge in [-0.2, -0.15) is 0 Å². The first-order valence-electron chi connectivity index (χ1n) is 7.20. The largest absolute Gasteiger partial charge is 0.344 e. The second kappa shape index (κ2) is 6.66.